The number of anilines is 2. The third-order valence-corrected chi connectivity index (χ3v) is 4.08. The van der Waals surface area contributed by atoms with Gasteiger partial charge in [-0.2, -0.15) is 0 Å². The predicted molar refractivity (Wildman–Crippen MR) is 97.8 cm³/mol. The summed E-state index contributed by atoms with van der Waals surface area (Å²) in [5.41, 5.74) is 3.33. The van der Waals surface area contributed by atoms with Crippen LogP contribution in [0.15, 0.2) is 48.5 Å². The molecule has 2 aromatic carbocycles. The molecule has 0 atom stereocenters. The molecule has 1 heterocycles. The number of nitrogens with one attached hydrogen (secondary N) is 1. The average molecular weight is 324 g/mol. The molecule has 0 aliphatic carbocycles. The smallest absolute Gasteiger partial charge is 0.228 e. The van der Waals surface area contributed by atoms with Crippen molar-refractivity contribution in [1.29, 1.82) is 0 Å². The van der Waals surface area contributed by atoms with Crippen LogP contribution in [0, 0.1) is 0 Å². The molecule has 0 saturated heterocycles. The molecule has 0 radical (unpaired) electrons. The van der Waals surface area contributed by atoms with Crippen molar-refractivity contribution in [2.45, 2.75) is 32.8 Å². The van der Waals surface area contributed by atoms with Gasteiger partial charge in [-0.1, -0.05) is 18.2 Å². The van der Waals surface area contributed by atoms with Crippen LogP contribution >= 0.6 is 0 Å². The SMILES string of the molecule is CC(C)Oc1ccc(NCCC(=O)N2CCc3ccccc32)cc1. The Labute approximate surface area is 143 Å². The van der Waals surface area contributed by atoms with Gasteiger partial charge >= 0.3 is 0 Å². The average Bonchev–Trinajstić information content (AvgIpc) is 3.00. The van der Waals surface area contributed by atoms with Crippen LogP contribution in [0.1, 0.15) is 25.8 Å². The summed E-state index contributed by atoms with van der Waals surface area (Å²) in [5, 5.41) is 3.30. The number of carbonyl (C=O) groups excluding carboxylic acids is 1. The van der Waals surface area contributed by atoms with E-state index in [-0.39, 0.29) is 12.0 Å². The van der Waals surface area contributed by atoms with Gasteiger partial charge in [0.15, 0.2) is 0 Å². The van der Waals surface area contributed by atoms with E-state index >= 15 is 0 Å². The normalized spacial score (nSPS) is 13.0. The van der Waals surface area contributed by atoms with Crippen molar-refractivity contribution in [3.8, 4) is 5.75 Å². The van der Waals surface area contributed by atoms with Crippen molar-refractivity contribution in [1.82, 2.24) is 0 Å². The summed E-state index contributed by atoms with van der Waals surface area (Å²) in [4.78, 5) is 14.3. The van der Waals surface area contributed by atoms with E-state index in [1.54, 1.807) is 0 Å². The Hall–Kier alpha value is -2.49. The molecule has 0 fully saturated rings. The summed E-state index contributed by atoms with van der Waals surface area (Å²) in [6.45, 7) is 5.43. The molecule has 1 amide bonds. The van der Waals surface area contributed by atoms with Crippen molar-refractivity contribution >= 4 is 17.3 Å². The van der Waals surface area contributed by atoms with E-state index in [0.29, 0.717) is 13.0 Å². The zero-order valence-corrected chi connectivity index (χ0v) is 14.3. The van der Waals surface area contributed by atoms with Crippen LogP contribution in [0.4, 0.5) is 11.4 Å². The maximum Gasteiger partial charge on any atom is 0.228 e. The van der Waals surface area contributed by atoms with Gasteiger partial charge in [-0.15, -0.1) is 0 Å². The lowest BCUT2D eigenvalue weighted by atomic mass is 10.2. The summed E-state index contributed by atoms with van der Waals surface area (Å²) < 4.78 is 5.62. The summed E-state index contributed by atoms with van der Waals surface area (Å²) in [5.74, 6) is 1.03. The van der Waals surface area contributed by atoms with Gasteiger partial charge in [0.25, 0.3) is 0 Å². The molecule has 0 unspecified atom stereocenters. The molecule has 0 saturated carbocycles. The molecule has 126 valence electrons. The van der Waals surface area contributed by atoms with Gasteiger partial charge in [0.1, 0.15) is 5.75 Å². The predicted octanol–water partition coefficient (Wildman–Crippen LogP) is 3.87. The highest BCUT2D eigenvalue weighted by atomic mass is 16.5. The number of benzene rings is 2. The minimum Gasteiger partial charge on any atom is -0.491 e. The molecule has 24 heavy (non-hydrogen) atoms. The Morgan fingerprint density at radius 2 is 1.92 bits per heavy atom. The fourth-order valence-electron chi connectivity index (χ4n) is 2.97. The van der Waals surface area contributed by atoms with Crippen LogP contribution in [0.5, 0.6) is 5.75 Å². The minimum absolute atomic E-state index is 0.171. The van der Waals surface area contributed by atoms with E-state index < -0.39 is 0 Å². The maximum atomic E-state index is 12.4. The Morgan fingerprint density at radius 1 is 1.17 bits per heavy atom. The molecule has 1 aliphatic heterocycles. The first-order valence-corrected chi connectivity index (χ1v) is 8.52. The Kier molecular flexibility index (Phi) is 5.04. The topological polar surface area (TPSA) is 41.6 Å². The van der Waals surface area contributed by atoms with E-state index in [2.05, 4.69) is 11.4 Å². The number of fused-ring (bicyclic) bond motifs is 1. The molecular formula is C20H24N2O2. The second-order valence-corrected chi connectivity index (χ2v) is 6.29. The Morgan fingerprint density at radius 3 is 2.67 bits per heavy atom. The second-order valence-electron chi connectivity index (χ2n) is 6.29. The van der Waals surface area contributed by atoms with Crippen molar-refractivity contribution in [2.75, 3.05) is 23.3 Å². The quantitative estimate of drug-likeness (QED) is 0.877. The zero-order valence-electron chi connectivity index (χ0n) is 14.3. The summed E-state index contributed by atoms with van der Waals surface area (Å²) >= 11 is 0. The highest BCUT2D eigenvalue weighted by Gasteiger charge is 2.23. The molecule has 1 N–H and O–H groups in total. The van der Waals surface area contributed by atoms with Crippen LogP contribution in [0.3, 0.4) is 0 Å². The summed E-state index contributed by atoms with van der Waals surface area (Å²) in [7, 11) is 0. The van der Waals surface area contributed by atoms with E-state index in [1.165, 1.54) is 5.56 Å². The lowest BCUT2D eigenvalue weighted by molar-refractivity contribution is -0.118. The van der Waals surface area contributed by atoms with Gasteiger partial charge in [-0.05, 0) is 56.2 Å². The number of hydrogen-bond donors (Lipinski definition) is 1. The van der Waals surface area contributed by atoms with Crippen LogP contribution < -0.4 is 15.0 Å². The molecular weight excluding hydrogens is 300 g/mol. The van der Waals surface area contributed by atoms with Crippen LogP contribution in [0.2, 0.25) is 0 Å². The fraction of sp³-hybridized carbons (Fsp3) is 0.350. The van der Waals surface area contributed by atoms with E-state index in [4.69, 9.17) is 4.74 Å². The largest absolute Gasteiger partial charge is 0.491 e. The maximum absolute atomic E-state index is 12.4. The van der Waals surface area contributed by atoms with Gasteiger partial charge in [0.05, 0.1) is 6.10 Å². The van der Waals surface area contributed by atoms with Gasteiger partial charge in [-0.3, -0.25) is 4.79 Å². The highest BCUT2D eigenvalue weighted by molar-refractivity contribution is 5.95. The first kappa shape index (κ1) is 16.4. The first-order chi connectivity index (χ1) is 11.6. The van der Waals surface area contributed by atoms with Crippen LogP contribution in [-0.4, -0.2) is 25.1 Å². The number of amides is 1. The first-order valence-electron chi connectivity index (χ1n) is 8.52. The van der Waals surface area contributed by atoms with Gasteiger partial charge < -0.3 is 15.0 Å². The molecule has 0 spiro atoms. The number of nitrogens with zero attached hydrogens (tertiary/aromatic N) is 1. The lowest BCUT2D eigenvalue weighted by Gasteiger charge is -2.17. The third-order valence-electron chi connectivity index (χ3n) is 4.08. The molecule has 3 rings (SSSR count). The molecule has 4 nitrogen and oxygen atoms in total. The molecule has 0 aromatic heterocycles. The molecule has 4 heteroatoms. The van der Waals surface area contributed by atoms with E-state index in [9.17, 15) is 4.79 Å². The summed E-state index contributed by atoms with van der Waals surface area (Å²) in [6.07, 6.45) is 1.61. The van der Waals surface area contributed by atoms with Crippen molar-refractivity contribution in [2.24, 2.45) is 0 Å². The van der Waals surface area contributed by atoms with Gasteiger partial charge in [-0.25, -0.2) is 0 Å². The van der Waals surface area contributed by atoms with Gasteiger partial charge in [0, 0.05) is 30.9 Å². The second kappa shape index (κ2) is 7.39. The van der Waals surface area contributed by atoms with Crippen molar-refractivity contribution < 1.29 is 9.53 Å². The monoisotopic (exact) mass is 324 g/mol. The molecule has 2 aromatic rings. The number of carbonyl (C=O) groups is 1. The Bertz CT molecular complexity index is 695. The lowest BCUT2D eigenvalue weighted by Crippen LogP contribution is -2.30. The number of ether oxygens (including phenoxy) is 1. The fourth-order valence-corrected chi connectivity index (χ4v) is 2.97. The van der Waals surface area contributed by atoms with Crippen molar-refractivity contribution in [3.63, 3.8) is 0 Å². The number of hydrogen-bond acceptors (Lipinski definition) is 3. The number of rotatable bonds is 6. The van der Waals surface area contributed by atoms with Crippen LogP contribution in [-0.2, 0) is 11.2 Å². The zero-order chi connectivity index (χ0) is 16.9. The van der Waals surface area contributed by atoms with Gasteiger partial charge in [0.2, 0.25) is 5.91 Å². The standard InChI is InChI=1S/C20H24N2O2/c1-15(2)24-18-9-7-17(8-10-18)21-13-11-20(23)22-14-12-16-5-3-4-6-19(16)22/h3-10,15,21H,11-14H2,1-2H3. The van der Waals surface area contributed by atoms with Crippen LogP contribution in [0.25, 0.3) is 0 Å². The minimum atomic E-state index is 0.171. The molecule has 1 aliphatic rings. The highest BCUT2D eigenvalue weighted by Crippen LogP contribution is 2.27. The third kappa shape index (κ3) is 3.88. The van der Waals surface area contributed by atoms with E-state index in [1.807, 2.05) is 61.2 Å². The Balaban J connectivity index is 1.49. The molecule has 0 bridgehead atoms. The summed E-state index contributed by atoms with van der Waals surface area (Å²) in [6, 6.07) is 16.0. The van der Waals surface area contributed by atoms with E-state index in [0.717, 1.165) is 30.1 Å². The number of para-hydroxylation sites is 1. The van der Waals surface area contributed by atoms with Crippen molar-refractivity contribution in [3.05, 3.63) is 54.1 Å².